The van der Waals surface area contributed by atoms with Crippen LogP contribution in [-0.2, 0) is 23.7 Å². The third-order valence-electron chi connectivity index (χ3n) is 3.35. The number of hydrogen-bond acceptors (Lipinski definition) is 2. The Hall–Kier alpha value is -1.19. The summed E-state index contributed by atoms with van der Waals surface area (Å²) in [5.41, 5.74) is -3.12. The van der Waals surface area contributed by atoms with Crippen molar-refractivity contribution in [2.45, 2.75) is 43.9 Å². The van der Waals surface area contributed by atoms with E-state index in [0.29, 0.717) is 12.1 Å². The van der Waals surface area contributed by atoms with Gasteiger partial charge in [0, 0.05) is 18.4 Å². The summed E-state index contributed by atoms with van der Waals surface area (Å²) in [5, 5.41) is 0. The van der Waals surface area contributed by atoms with Crippen LogP contribution in [-0.4, -0.2) is 20.7 Å². The van der Waals surface area contributed by atoms with Gasteiger partial charge in [-0.3, -0.25) is 0 Å². The molecule has 0 aromatic heterocycles. The van der Waals surface area contributed by atoms with Crippen LogP contribution >= 0.6 is 0 Å². The molecule has 0 saturated carbocycles. The Morgan fingerprint density at radius 1 is 1.00 bits per heavy atom. The van der Waals surface area contributed by atoms with Gasteiger partial charge in [-0.1, -0.05) is 6.08 Å². The van der Waals surface area contributed by atoms with Crippen LogP contribution < -0.4 is 0 Å². The molecule has 0 amide bonds. The first-order chi connectivity index (χ1) is 11.1. The van der Waals surface area contributed by atoms with Crippen molar-refractivity contribution >= 4 is 11.4 Å². The maximum atomic E-state index is 13.0. The molecule has 0 bridgehead atoms. The Kier molecular flexibility index (Phi) is 6.30. The van der Waals surface area contributed by atoms with Gasteiger partial charge in [0.05, 0.1) is 17.2 Å². The van der Waals surface area contributed by atoms with Crippen molar-refractivity contribution in [1.82, 2.24) is 4.31 Å². The summed E-state index contributed by atoms with van der Waals surface area (Å²) in [7, 11) is 1.36. The van der Waals surface area contributed by atoms with E-state index in [9.17, 15) is 30.9 Å². The first-order valence-electron chi connectivity index (χ1n) is 7.15. The van der Waals surface area contributed by atoms with Gasteiger partial charge in [-0.15, -0.1) is 10.9 Å². The van der Waals surface area contributed by atoms with E-state index in [1.54, 1.807) is 20.8 Å². The maximum Gasteiger partial charge on any atom is 0.416 e. The minimum atomic E-state index is -4.94. The van der Waals surface area contributed by atoms with Gasteiger partial charge in [0.15, 0.2) is 0 Å². The van der Waals surface area contributed by atoms with Gasteiger partial charge in [-0.2, -0.15) is 26.3 Å². The summed E-state index contributed by atoms with van der Waals surface area (Å²) in [4.78, 5) is 0. The van der Waals surface area contributed by atoms with Crippen LogP contribution in [0.4, 0.5) is 26.3 Å². The van der Waals surface area contributed by atoms with Crippen LogP contribution in [0.25, 0.3) is 0 Å². The van der Waals surface area contributed by atoms with Crippen LogP contribution in [0.5, 0.6) is 0 Å². The number of alkyl halides is 6. The number of hydrogen-bond donors (Lipinski definition) is 0. The third kappa shape index (κ3) is 5.39. The average molecular weight is 387 g/mol. The molecule has 0 heterocycles. The fourth-order valence-electron chi connectivity index (χ4n) is 2.18. The highest BCUT2D eigenvalue weighted by Crippen LogP contribution is 2.39. The molecule has 2 atom stereocenters. The second kappa shape index (κ2) is 7.20. The highest BCUT2D eigenvalue weighted by Gasteiger charge is 2.39. The topological polar surface area (TPSA) is 26.3 Å². The molecule has 1 rings (SSSR count). The lowest BCUT2D eigenvalue weighted by atomic mass is 9.99. The zero-order valence-electron chi connectivity index (χ0n) is 14.1. The fourth-order valence-corrected chi connectivity index (χ4v) is 3.46. The van der Waals surface area contributed by atoms with Gasteiger partial charge in [0.1, 0.15) is 4.75 Å². The Morgan fingerprint density at radius 2 is 1.40 bits per heavy atom. The number of likely N-dealkylation sites (N-methyl/N-ethyl adjacent to an activating group) is 1. The van der Waals surface area contributed by atoms with Gasteiger partial charge in [0.2, 0.25) is 0 Å². The van der Waals surface area contributed by atoms with Gasteiger partial charge in [0.25, 0.3) is 0 Å². The van der Waals surface area contributed by atoms with Crippen molar-refractivity contribution in [2.75, 3.05) is 7.05 Å². The zero-order chi connectivity index (χ0) is 19.8. The molecule has 142 valence electrons. The first-order valence-corrected chi connectivity index (χ1v) is 8.26. The molecule has 9 heteroatoms. The molecule has 0 fully saturated rings. The molecule has 1 unspecified atom stereocenters. The van der Waals surface area contributed by atoms with Crippen LogP contribution in [0.3, 0.4) is 0 Å². The lowest BCUT2D eigenvalue weighted by molar-refractivity contribution is -0.143. The molecule has 25 heavy (non-hydrogen) atoms. The number of benzene rings is 1. The quantitative estimate of drug-likeness (QED) is 0.396. The molecule has 0 aliphatic heterocycles. The van der Waals surface area contributed by atoms with Gasteiger partial charge in [-0.05, 0) is 44.5 Å². The van der Waals surface area contributed by atoms with E-state index in [0.717, 1.165) is 0 Å². The van der Waals surface area contributed by atoms with Gasteiger partial charge >= 0.3 is 12.4 Å². The summed E-state index contributed by atoms with van der Waals surface area (Å²) < 4.78 is 90.8. The molecule has 0 aliphatic rings. The molecule has 1 aromatic carbocycles. The van der Waals surface area contributed by atoms with Crippen LogP contribution in [0.1, 0.15) is 43.5 Å². The van der Waals surface area contributed by atoms with Crippen molar-refractivity contribution < 1.29 is 30.9 Å². The van der Waals surface area contributed by atoms with Crippen LogP contribution in [0, 0.1) is 0 Å². The highest BCUT2D eigenvalue weighted by atomic mass is 32.2. The number of nitrogens with zero attached hydrogens (tertiary/aromatic N) is 1. The van der Waals surface area contributed by atoms with E-state index in [4.69, 9.17) is 0 Å². The summed E-state index contributed by atoms with van der Waals surface area (Å²) in [5.74, 6) is 0. The average Bonchev–Trinajstić information content (AvgIpc) is 2.44. The van der Waals surface area contributed by atoms with E-state index in [-0.39, 0.29) is 11.6 Å². The Bertz CT molecular complexity index is 588. The lowest BCUT2D eigenvalue weighted by Gasteiger charge is -2.34. The Morgan fingerprint density at radius 3 is 1.68 bits per heavy atom. The zero-order valence-corrected chi connectivity index (χ0v) is 14.9. The molecule has 0 N–H and O–H groups in total. The molecule has 0 aliphatic carbocycles. The standard InChI is InChI=1S/C16H19F6NOS/c1-6-13(23(5)25(24)14(2,3)4)10-7-11(15(17,18)19)9-12(8-10)16(20,21)22/h6-9,13H,1H2,2-5H3/t13-,25?/m1/s1. The van der Waals surface area contributed by atoms with E-state index >= 15 is 0 Å². The van der Waals surface area contributed by atoms with E-state index in [2.05, 4.69) is 6.58 Å². The molecule has 0 radical (unpaired) electrons. The van der Waals surface area contributed by atoms with Crippen molar-refractivity contribution in [3.8, 4) is 0 Å². The molecular weight excluding hydrogens is 368 g/mol. The van der Waals surface area contributed by atoms with Crippen LogP contribution in [0.2, 0.25) is 0 Å². The Labute approximate surface area is 145 Å². The largest absolute Gasteiger partial charge is 0.597 e. The molecule has 2 nitrogen and oxygen atoms in total. The van der Waals surface area contributed by atoms with Crippen molar-refractivity contribution in [1.29, 1.82) is 0 Å². The second-order valence-corrected chi connectivity index (χ2v) is 8.73. The van der Waals surface area contributed by atoms with E-state index in [1.807, 2.05) is 0 Å². The minimum absolute atomic E-state index is 0.0599. The normalized spacial score (nSPS) is 16.0. The van der Waals surface area contributed by atoms with Crippen LogP contribution in [0.15, 0.2) is 30.9 Å². The smallest absolute Gasteiger partial charge is 0.416 e. The molecule has 1 aromatic rings. The Balaban J connectivity index is 3.49. The van der Waals surface area contributed by atoms with E-state index < -0.39 is 45.6 Å². The lowest BCUT2D eigenvalue weighted by Crippen LogP contribution is -2.42. The predicted octanol–water partition coefficient (Wildman–Crippen LogP) is 5.35. The van der Waals surface area contributed by atoms with E-state index in [1.165, 1.54) is 17.4 Å². The SMILES string of the molecule is C=C[C@H](c1cc(C(F)(F)F)cc(C(F)(F)F)c1)N(C)[S+]([O-])C(C)(C)C. The van der Waals surface area contributed by atoms with Crippen molar-refractivity contribution in [3.05, 3.63) is 47.5 Å². The predicted molar refractivity (Wildman–Crippen MR) is 85.0 cm³/mol. The monoisotopic (exact) mass is 387 g/mol. The maximum absolute atomic E-state index is 13.0. The van der Waals surface area contributed by atoms with Gasteiger partial charge in [-0.25, -0.2) is 0 Å². The summed E-state index contributed by atoms with van der Waals surface area (Å²) in [6.07, 6.45) is -8.72. The van der Waals surface area contributed by atoms with Crippen molar-refractivity contribution in [3.63, 3.8) is 0 Å². The number of halogens is 6. The molecule has 0 spiro atoms. The second-order valence-electron chi connectivity index (χ2n) is 6.43. The summed E-state index contributed by atoms with van der Waals surface area (Å²) in [6.45, 7) is 8.41. The van der Waals surface area contributed by atoms with Crippen molar-refractivity contribution in [2.24, 2.45) is 0 Å². The van der Waals surface area contributed by atoms with Gasteiger partial charge < -0.3 is 4.55 Å². The first kappa shape index (κ1) is 21.9. The third-order valence-corrected chi connectivity index (χ3v) is 5.15. The highest BCUT2D eigenvalue weighted by molar-refractivity contribution is 7.90. The molecule has 0 saturated heterocycles. The molecular formula is C16H19F6NOS. The summed E-state index contributed by atoms with van der Waals surface area (Å²) in [6, 6.07) is 0.226. The fraction of sp³-hybridized carbons (Fsp3) is 0.500. The number of rotatable bonds is 4. The summed E-state index contributed by atoms with van der Waals surface area (Å²) >= 11 is -1.67. The minimum Gasteiger partial charge on any atom is -0.597 e.